The molecule has 2 amide bonds. The van der Waals surface area contributed by atoms with Crippen molar-refractivity contribution in [2.75, 3.05) is 22.5 Å². The molecule has 0 spiro atoms. The smallest absolute Gasteiger partial charge is 0.274 e. The first kappa shape index (κ1) is 20.9. The average molecular weight is 384 g/mol. The summed E-state index contributed by atoms with van der Waals surface area (Å²) in [6, 6.07) is 9.95. The number of benzene rings is 2. The highest BCUT2D eigenvalue weighted by Crippen LogP contribution is 2.23. The van der Waals surface area contributed by atoms with Crippen molar-refractivity contribution in [2.24, 2.45) is 5.92 Å². The molecule has 148 valence electrons. The lowest BCUT2D eigenvalue weighted by Gasteiger charge is -2.13. The number of amides is 2. The van der Waals surface area contributed by atoms with Crippen LogP contribution in [-0.2, 0) is 9.59 Å². The van der Waals surface area contributed by atoms with E-state index in [4.69, 9.17) is 0 Å². The normalized spacial score (nSPS) is 10.5. The summed E-state index contributed by atoms with van der Waals surface area (Å²) in [4.78, 5) is 34.6. The van der Waals surface area contributed by atoms with Gasteiger partial charge in [0.2, 0.25) is 11.8 Å². The summed E-state index contributed by atoms with van der Waals surface area (Å²) in [6.45, 7) is 7.12. The van der Waals surface area contributed by atoms with Gasteiger partial charge in [-0.05, 0) is 37.6 Å². The predicted molar refractivity (Wildman–Crippen MR) is 110 cm³/mol. The molecule has 0 atom stereocenters. The monoisotopic (exact) mass is 384 g/mol. The molecule has 2 aromatic carbocycles. The first-order valence-electron chi connectivity index (χ1n) is 8.87. The van der Waals surface area contributed by atoms with Crippen LogP contribution in [0.1, 0.15) is 25.0 Å². The van der Waals surface area contributed by atoms with Crippen LogP contribution in [-0.4, -0.2) is 23.3 Å². The maximum atomic E-state index is 12.2. The number of nitro benzene ring substituents is 1. The Morgan fingerprint density at radius 2 is 1.61 bits per heavy atom. The van der Waals surface area contributed by atoms with Crippen molar-refractivity contribution in [3.63, 3.8) is 0 Å². The minimum absolute atomic E-state index is 0.0237. The average Bonchev–Trinajstić information content (AvgIpc) is 2.63. The molecule has 0 fully saturated rings. The van der Waals surface area contributed by atoms with Gasteiger partial charge in [0, 0.05) is 34.6 Å². The van der Waals surface area contributed by atoms with Gasteiger partial charge in [-0.25, -0.2) is 0 Å². The van der Waals surface area contributed by atoms with Gasteiger partial charge in [0.1, 0.15) is 0 Å². The fraction of sp³-hybridized carbons (Fsp3) is 0.300. The number of carbonyl (C=O) groups is 2. The highest BCUT2D eigenvalue weighted by Gasteiger charge is 2.13. The second-order valence-electron chi connectivity index (χ2n) is 6.83. The van der Waals surface area contributed by atoms with Gasteiger partial charge in [-0.2, -0.15) is 0 Å². The lowest BCUT2D eigenvalue weighted by Crippen LogP contribution is -2.22. The van der Waals surface area contributed by atoms with Crippen LogP contribution >= 0.6 is 0 Å². The van der Waals surface area contributed by atoms with E-state index in [1.807, 2.05) is 26.8 Å². The zero-order chi connectivity index (χ0) is 20.8. The minimum atomic E-state index is -0.483. The fourth-order valence-corrected chi connectivity index (χ4v) is 2.44. The molecule has 8 nitrogen and oxygen atoms in total. The summed E-state index contributed by atoms with van der Waals surface area (Å²) >= 11 is 0. The molecular formula is C20H24N4O4. The van der Waals surface area contributed by atoms with Crippen LogP contribution in [0.2, 0.25) is 0 Å². The van der Waals surface area contributed by atoms with E-state index in [0.29, 0.717) is 22.6 Å². The number of carbonyl (C=O) groups excluding carboxylic acids is 2. The Morgan fingerprint density at radius 1 is 1.00 bits per heavy atom. The van der Waals surface area contributed by atoms with E-state index in [2.05, 4.69) is 16.0 Å². The second kappa shape index (κ2) is 8.98. The van der Waals surface area contributed by atoms with Gasteiger partial charge < -0.3 is 16.0 Å². The fourth-order valence-electron chi connectivity index (χ4n) is 2.44. The van der Waals surface area contributed by atoms with Gasteiger partial charge in [0.05, 0.1) is 11.5 Å². The Morgan fingerprint density at radius 3 is 2.21 bits per heavy atom. The second-order valence-corrected chi connectivity index (χ2v) is 6.83. The molecule has 2 aromatic rings. The van der Waals surface area contributed by atoms with E-state index in [9.17, 15) is 19.7 Å². The van der Waals surface area contributed by atoms with Crippen LogP contribution < -0.4 is 16.0 Å². The summed E-state index contributed by atoms with van der Waals surface area (Å²) in [7, 11) is 0. The minimum Gasteiger partial charge on any atom is -0.376 e. The first-order valence-corrected chi connectivity index (χ1v) is 8.87. The molecule has 0 bridgehead atoms. The standard InChI is InChI=1S/C20H24N4O4/c1-12(2)20(26)23-15-7-5-13(3)17(9-15)21-11-19(25)22-16-8-6-14(4)18(10-16)24(27)28/h5-10,12,21H,11H2,1-4H3,(H,22,25)(H,23,26). The van der Waals surface area contributed by atoms with E-state index in [1.54, 1.807) is 31.2 Å². The summed E-state index contributed by atoms with van der Waals surface area (Å²) in [5.41, 5.74) is 3.11. The van der Waals surface area contributed by atoms with Gasteiger partial charge in [-0.3, -0.25) is 19.7 Å². The Labute approximate surface area is 163 Å². The molecule has 3 N–H and O–H groups in total. The summed E-state index contributed by atoms with van der Waals surface area (Å²) in [6.07, 6.45) is 0. The van der Waals surface area contributed by atoms with Gasteiger partial charge in [0.25, 0.3) is 5.69 Å². The molecule has 0 unspecified atom stereocenters. The molecular weight excluding hydrogens is 360 g/mol. The molecule has 0 aliphatic heterocycles. The van der Waals surface area contributed by atoms with Crippen molar-refractivity contribution in [3.8, 4) is 0 Å². The Hall–Kier alpha value is -3.42. The molecule has 0 radical (unpaired) electrons. The van der Waals surface area contributed by atoms with Crippen molar-refractivity contribution in [3.05, 3.63) is 57.6 Å². The summed E-state index contributed by atoms with van der Waals surface area (Å²) in [5, 5.41) is 19.5. The van der Waals surface area contributed by atoms with Crippen LogP contribution in [0, 0.1) is 29.9 Å². The molecule has 0 saturated carbocycles. The molecule has 0 saturated heterocycles. The van der Waals surface area contributed by atoms with Gasteiger partial charge >= 0.3 is 0 Å². The molecule has 0 aromatic heterocycles. The van der Waals surface area contributed by atoms with E-state index in [1.165, 1.54) is 6.07 Å². The molecule has 0 aliphatic carbocycles. The Kier molecular flexibility index (Phi) is 6.70. The van der Waals surface area contributed by atoms with Crippen LogP contribution in [0.5, 0.6) is 0 Å². The van der Waals surface area contributed by atoms with E-state index in [0.717, 1.165) is 5.56 Å². The van der Waals surface area contributed by atoms with Crippen LogP contribution in [0.4, 0.5) is 22.7 Å². The molecule has 8 heteroatoms. The van der Waals surface area contributed by atoms with E-state index in [-0.39, 0.29) is 30.0 Å². The van der Waals surface area contributed by atoms with E-state index >= 15 is 0 Å². The number of nitrogens with zero attached hydrogens (tertiary/aromatic N) is 1. The Balaban J connectivity index is 2.02. The van der Waals surface area contributed by atoms with Crippen molar-refractivity contribution in [1.29, 1.82) is 0 Å². The zero-order valence-corrected chi connectivity index (χ0v) is 16.3. The zero-order valence-electron chi connectivity index (χ0n) is 16.3. The number of rotatable bonds is 7. The van der Waals surface area contributed by atoms with Gasteiger partial charge in [-0.1, -0.05) is 26.0 Å². The van der Waals surface area contributed by atoms with E-state index < -0.39 is 4.92 Å². The van der Waals surface area contributed by atoms with Crippen molar-refractivity contribution in [1.82, 2.24) is 0 Å². The number of anilines is 3. The number of aryl methyl sites for hydroxylation is 2. The first-order chi connectivity index (χ1) is 13.2. The van der Waals surface area contributed by atoms with Crippen LogP contribution in [0.15, 0.2) is 36.4 Å². The third-order valence-electron chi connectivity index (χ3n) is 4.16. The third-order valence-corrected chi connectivity index (χ3v) is 4.16. The number of nitrogens with one attached hydrogen (secondary N) is 3. The van der Waals surface area contributed by atoms with Crippen molar-refractivity contribution >= 4 is 34.6 Å². The topological polar surface area (TPSA) is 113 Å². The quantitative estimate of drug-likeness (QED) is 0.495. The van der Waals surface area contributed by atoms with Gasteiger partial charge in [-0.15, -0.1) is 0 Å². The number of nitro groups is 1. The SMILES string of the molecule is Cc1ccc(NC(=O)C(C)C)cc1NCC(=O)Nc1ccc(C)c([N+](=O)[O-])c1. The molecule has 28 heavy (non-hydrogen) atoms. The maximum Gasteiger partial charge on any atom is 0.274 e. The molecule has 0 aliphatic rings. The third kappa shape index (κ3) is 5.54. The number of hydrogen-bond acceptors (Lipinski definition) is 5. The highest BCUT2D eigenvalue weighted by molar-refractivity contribution is 5.95. The summed E-state index contributed by atoms with van der Waals surface area (Å²) in [5.74, 6) is -0.565. The van der Waals surface area contributed by atoms with Crippen molar-refractivity contribution < 1.29 is 14.5 Å². The van der Waals surface area contributed by atoms with Crippen LogP contribution in [0.25, 0.3) is 0 Å². The van der Waals surface area contributed by atoms with Crippen molar-refractivity contribution in [2.45, 2.75) is 27.7 Å². The number of hydrogen-bond donors (Lipinski definition) is 3. The molecule has 0 heterocycles. The summed E-state index contributed by atoms with van der Waals surface area (Å²) < 4.78 is 0. The maximum absolute atomic E-state index is 12.2. The lowest BCUT2D eigenvalue weighted by atomic mass is 10.1. The lowest BCUT2D eigenvalue weighted by molar-refractivity contribution is -0.385. The highest BCUT2D eigenvalue weighted by atomic mass is 16.6. The Bertz CT molecular complexity index is 909. The predicted octanol–water partition coefficient (Wildman–Crippen LogP) is 3.86. The largest absolute Gasteiger partial charge is 0.376 e. The van der Waals surface area contributed by atoms with Crippen LogP contribution in [0.3, 0.4) is 0 Å². The van der Waals surface area contributed by atoms with Gasteiger partial charge in [0.15, 0.2) is 0 Å². The molecule has 2 rings (SSSR count).